The van der Waals surface area contributed by atoms with Crippen molar-refractivity contribution in [1.29, 1.82) is 0 Å². The Hall–Kier alpha value is -1.34. The molecule has 0 aromatic heterocycles. The minimum Gasteiger partial charge on any atom is -0.207 e. The second-order valence-electron chi connectivity index (χ2n) is 3.34. The molecule has 0 aliphatic heterocycles. The predicted molar refractivity (Wildman–Crippen MR) is 56.1 cm³/mol. The largest absolute Gasteiger partial charge is 0.229 e. The number of hydrogen-bond acceptors (Lipinski definition) is 0. The first-order chi connectivity index (χ1) is 7.27. The molecule has 0 nitrogen and oxygen atoms in total. The monoisotopic (exact) mass is 221 g/mol. The number of benzene rings is 2. The highest BCUT2D eigenvalue weighted by molar-refractivity contribution is 5.29. The molecule has 0 saturated heterocycles. The molecule has 2 aromatic carbocycles. The molecule has 0 amide bonds. The molecule has 0 bridgehead atoms. The van der Waals surface area contributed by atoms with Crippen LogP contribution in [0.25, 0.3) is 0 Å². The SMILES string of the molecule is Fc1ccc(C([ClH+])c2ccccc2)cc1. The summed E-state index contributed by atoms with van der Waals surface area (Å²) in [6.45, 7) is 0. The van der Waals surface area contributed by atoms with Crippen LogP contribution in [0.15, 0.2) is 54.6 Å². The van der Waals surface area contributed by atoms with Crippen molar-refractivity contribution in [2.75, 3.05) is 0 Å². The van der Waals surface area contributed by atoms with E-state index in [1.165, 1.54) is 12.1 Å². The summed E-state index contributed by atoms with van der Waals surface area (Å²) in [6, 6.07) is 16.2. The van der Waals surface area contributed by atoms with Gasteiger partial charge in [-0.15, -0.1) is 0 Å². The third-order valence-corrected chi connectivity index (χ3v) is 2.82. The Morgan fingerprint density at radius 1 is 0.800 bits per heavy atom. The van der Waals surface area contributed by atoms with E-state index in [4.69, 9.17) is 11.6 Å². The Kier molecular flexibility index (Phi) is 3.02. The molecule has 76 valence electrons. The maximum Gasteiger partial charge on any atom is 0.229 e. The zero-order valence-corrected chi connectivity index (χ0v) is 8.88. The van der Waals surface area contributed by atoms with Crippen molar-refractivity contribution in [2.24, 2.45) is 0 Å². The van der Waals surface area contributed by atoms with Gasteiger partial charge in [0.15, 0.2) is 0 Å². The average Bonchev–Trinajstić information content (AvgIpc) is 2.30. The molecule has 2 heteroatoms. The molecule has 0 fully saturated rings. The zero-order chi connectivity index (χ0) is 10.7. The summed E-state index contributed by atoms with van der Waals surface area (Å²) in [5.74, 6) is -0.228. The molecule has 1 unspecified atom stereocenters. The van der Waals surface area contributed by atoms with Gasteiger partial charge >= 0.3 is 0 Å². The normalized spacial score (nSPS) is 12.4. The molecule has 0 N–H and O–H groups in total. The quantitative estimate of drug-likeness (QED) is 0.684. The van der Waals surface area contributed by atoms with Gasteiger partial charge in [0.05, 0.1) is 0 Å². The van der Waals surface area contributed by atoms with Crippen LogP contribution in [0.5, 0.6) is 0 Å². The fourth-order valence-electron chi connectivity index (χ4n) is 1.46. The number of rotatable bonds is 2. The van der Waals surface area contributed by atoms with Crippen molar-refractivity contribution in [3.63, 3.8) is 0 Å². The molecule has 0 radical (unpaired) electrons. The van der Waals surface area contributed by atoms with Crippen LogP contribution in [-0.2, 0) is 0 Å². The fourth-order valence-corrected chi connectivity index (χ4v) is 1.77. The van der Waals surface area contributed by atoms with Crippen LogP contribution in [0, 0.1) is 17.4 Å². The van der Waals surface area contributed by atoms with Crippen molar-refractivity contribution in [2.45, 2.75) is 5.38 Å². The van der Waals surface area contributed by atoms with E-state index in [-0.39, 0.29) is 11.2 Å². The maximum absolute atomic E-state index is 12.7. The molecule has 0 spiro atoms. The second-order valence-corrected chi connectivity index (χ2v) is 3.81. The van der Waals surface area contributed by atoms with Crippen LogP contribution in [0.1, 0.15) is 16.5 Å². The first-order valence-corrected chi connectivity index (χ1v) is 5.21. The Morgan fingerprint density at radius 2 is 1.33 bits per heavy atom. The average molecular weight is 222 g/mol. The Labute approximate surface area is 93.3 Å². The lowest BCUT2D eigenvalue weighted by Gasteiger charge is -2.03. The van der Waals surface area contributed by atoms with Gasteiger partial charge in [-0.2, -0.15) is 0 Å². The summed E-state index contributed by atoms with van der Waals surface area (Å²) in [5.41, 5.74) is 2.02. The highest BCUT2D eigenvalue weighted by Gasteiger charge is 2.17. The molecular formula is C13H11ClF+. The smallest absolute Gasteiger partial charge is 0.207 e. The topological polar surface area (TPSA) is 0 Å². The summed E-state index contributed by atoms with van der Waals surface area (Å²) >= 11 is 5.39. The van der Waals surface area contributed by atoms with E-state index in [0.29, 0.717) is 0 Å². The lowest BCUT2D eigenvalue weighted by Crippen LogP contribution is -1.96. The van der Waals surface area contributed by atoms with Crippen LogP contribution >= 0.6 is 0 Å². The molecule has 15 heavy (non-hydrogen) atoms. The van der Waals surface area contributed by atoms with Gasteiger partial charge in [0, 0.05) is 11.1 Å². The van der Waals surface area contributed by atoms with Gasteiger partial charge in [-0.25, -0.2) is 4.39 Å². The Morgan fingerprint density at radius 3 is 1.93 bits per heavy atom. The Balaban J connectivity index is 2.29. The van der Waals surface area contributed by atoms with Crippen LogP contribution in [0.2, 0.25) is 0 Å². The maximum atomic E-state index is 12.7. The molecule has 0 aliphatic carbocycles. The summed E-state index contributed by atoms with van der Waals surface area (Å²) < 4.78 is 12.7. The van der Waals surface area contributed by atoms with E-state index in [9.17, 15) is 4.39 Å². The van der Waals surface area contributed by atoms with E-state index in [1.807, 2.05) is 30.3 Å². The van der Waals surface area contributed by atoms with Crippen molar-refractivity contribution >= 4 is 0 Å². The van der Waals surface area contributed by atoms with Crippen LogP contribution in [0.4, 0.5) is 4.39 Å². The molecule has 2 rings (SSSR count). The number of halogens is 2. The summed E-state index contributed by atoms with van der Waals surface area (Å²) in [5, 5.41) is -0.105. The van der Waals surface area contributed by atoms with Crippen molar-refractivity contribution in [3.8, 4) is 0 Å². The minimum absolute atomic E-state index is 0.105. The van der Waals surface area contributed by atoms with Gasteiger partial charge in [0.25, 0.3) is 0 Å². The van der Waals surface area contributed by atoms with E-state index in [2.05, 4.69) is 0 Å². The Bertz CT molecular complexity index is 422. The second kappa shape index (κ2) is 4.45. The summed E-state index contributed by atoms with van der Waals surface area (Å²) in [6.07, 6.45) is 0. The van der Waals surface area contributed by atoms with Crippen LogP contribution < -0.4 is 0 Å². The number of hydrogen-bond donors (Lipinski definition) is 0. The van der Waals surface area contributed by atoms with Crippen LogP contribution in [0.3, 0.4) is 0 Å². The van der Waals surface area contributed by atoms with E-state index in [1.54, 1.807) is 12.1 Å². The molecule has 0 aliphatic rings. The van der Waals surface area contributed by atoms with Crippen molar-refractivity contribution in [1.82, 2.24) is 0 Å². The highest BCUT2D eigenvalue weighted by Crippen LogP contribution is 2.22. The lowest BCUT2D eigenvalue weighted by atomic mass is 10.0. The van der Waals surface area contributed by atoms with Gasteiger partial charge in [0.1, 0.15) is 17.4 Å². The highest BCUT2D eigenvalue weighted by atomic mass is 35.5. The van der Waals surface area contributed by atoms with Crippen molar-refractivity contribution < 1.29 is 16.0 Å². The number of alkyl halides is 1. The van der Waals surface area contributed by atoms with Gasteiger partial charge in [-0.05, 0) is 12.1 Å². The van der Waals surface area contributed by atoms with E-state index in [0.717, 1.165) is 11.1 Å². The lowest BCUT2D eigenvalue weighted by molar-refractivity contribution is -0.411. The standard InChI is InChI=1S/C13H11ClF/c14-13(10-4-2-1-3-5-10)11-6-8-12(15)9-7-11/h1-9,13-14H/q+1. The van der Waals surface area contributed by atoms with Gasteiger partial charge in [0.2, 0.25) is 5.38 Å². The molecular weight excluding hydrogens is 211 g/mol. The van der Waals surface area contributed by atoms with Gasteiger partial charge in [-0.1, -0.05) is 42.5 Å². The minimum atomic E-state index is -0.228. The molecule has 2 aromatic rings. The summed E-state index contributed by atoms with van der Waals surface area (Å²) in [7, 11) is 0. The van der Waals surface area contributed by atoms with E-state index < -0.39 is 0 Å². The van der Waals surface area contributed by atoms with Crippen LogP contribution in [-0.4, -0.2) is 0 Å². The molecule has 1 atom stereocenters. The third-order valence-electron chi connectivity index (χ3n) is 2.28. The first kappa shape index (κ1) is 10.2. The predicted octanol–water partition coefficient (Wildman–Crippen LogP) is 3.20. The fraction of sp³-hybridized carbons (Fsp3) is 0.0769. The van der Waals surface area contributed by atoms with Gasteiger partial charge < -0.3 is 0 Å². The zero-order valence-electron chi connectivity index (χ0n) is 8.06. The van der Waals surface area contributed by atoms with Crippen molar-refractivity contribution in [3.05, 3.63) is 71.5 Å². The summed E-state index contributed by atoms with van der Waals surface area (Å²) in [4.78, 5) is 0. The first-order valence-electron chi connectivity index (χ1n) is 4.73. The molecule has 0 heterocycles. The van der Waals surface area contributed by atoms with E-state index >= 15 is 0 Å². The van der Waals surface area contributed by atoms with Gasteiger partial charge in [-0.3, -0.25) is 0 Å². The third kappa shape index (κ3) is 2.37. The molecule has 0 saturated carbocycles.